The highest BCUT2D eigenvalue weighted by Gasteiger charge is 2.29. The molecule has 22 heavy (non-hydrogen) atoms. The predicted octanol–water partition coefficient (Wildman–Crippen LogP) is 2.15. The first-order valence-corrected chi connectivity index (χ1v) is 8.49. The third-order valence-corrected chi connectivity index (χ3v) is 4.47. The monoisotopic (exact) mass is 303 g/mol. The number of unbranched alkanes of at least 4 members (excludes halogenated alkanes) is 2. The van der Waals surface area contributed by atoms with Crippen molar-refractivity contribution in [2.75, 3.05) is 32.7 Å². The number of nitrogens with zero attached hydrogens (tertiary/aromatic N) is 5. The first-order chi connectivity index (χ1) is 10.8. The number of nitriles is 1. The van der Waals surface area contributed by atoms with Gasteiger partial charge in [0.1, 0.15) is 0 Å². The maximum absolute atomic E-state index is 8.57. The second-order valence-corrected chi connectivity index (χ2v) is 6.41. The largest absolute Gasteiger partial charge is 0.339 e. The topological polar surface area (TPSA) is 69.2 Å². The molecule has 1 aromatic rings. The van der Waals surface area contributed by atoms with Crippen molar-refractivity contribution in [2.24, 2.45) is 0 Å². The molecule has 120 valence electrons. The van der Waals surface area contributed by atoms with Crippen molar-refractivity contribution < 1.29 is 4.52 Å². The maximum atomic E-state index is 8.57. The van der Waals surface area contributed by atoms with E-state index in [0.29, 0.717) is 12.3 Å². The van der Waals surface area contributed by atoms with Gasteiger partial charge in [0.25, 0.3) is 0 Å². The van der Waals surface area contributed by atoms with Crippen LogP contribution in [0.1, 0.15) is 56.2 Å². The van der Waals surface area contributed by atoms with Crippen molar-refractivity contribution in [3.8, 4) is 6.07 Å². The van der Waals surface area contributed by atoms with Gasteiger partial charge in [-0.05, 0) is 51.7 Å². The summed E-state index contributed by atoms with van der Waals surface area (Å²) in [4.78, 5) is 9.47. The highest BCUT2D eigenvalue weighted by molar-refractivity contribution is 5.01. The summed E-state index contributed by atoms with van der Waals surface area (Å²) in [5, 5.41) is 12.7. The number of rotatable bonds is 7. The van der Waals surface area contributed by atoms with Crippen LogP contribution in [0.3, 0.4) is 0 Å². The minimum Gasteiger partial charge on any atom is -0.339 e. The molecule has 0 N–H and O–H groups in total. The quantitative estimate of drug-likeness (QED) is 0.719. The average Bonchev–Trinajstić information content (AvgIpc) is 3.30. The van der Waals surface area contributed by atoms with Crippen molar-refractivity contribution in [1.82, 2.24) is 19.9 Å². The lowest BCUT2D eigenvalue weighted by atomic mass is 10.2. The summed E-state index contributed by atoms with van der Waals surface area (Å²) < 4.78 is 5.33. The van der Waals surface area contributed by atoms with E-state index in [1.807, 2.05) is 0 Å². The summed E-state index contributed by atoms with van der Waals surface area (Å²) in [7, 11) is 0. The molecular formula is C16H25N5O. The van der Waals surface area contributed by atoms with Gasteiger partial charge in [-0.3, -0.25) is 4.90 Å². The van der Waals surface area contributed by atoms with Gasteiger partial charge >= 0.3 is 0 Å². The molecule has 0 radical (unpaired) electrons. The van der Waals surface area contributed by atoms with Gasteiger partial charge in [0.15, 0.2) is 5.82 Å². The van der Waals surface area contributed by atoms with E-state index in [-0.39, 0.29) is 0 Å². The van der Waals surface area contributed by atoms with E-state index in [2.05, 4.69) is 26.0 Å². The Morgan fingerprint density at radius 2 is 1.95 bits per heavy atom. The predicted molar refractivity (Wildman–Crippen MR) is 82.1 cm³/mol. The van der Waals surface area contributed by atoms with Crippen LogP contribution >= 0.6 is 0 Å². The minimum atomic E-state index is 0.536. The van der Waals surface area contributed by atoms with E-state index in [1.54, 1.807) is 0 Å². The lowest BCUT2D eigenvalue weighted by molar-refractivity contribution is 0.243. The van der Waals surface area contributed by atoms with Gasteiger partial charge in [0.2, 0.25) is 5.89 Å². The molecule has 0 aromatic carbocycles. The first-order valence-electron chi connectivity index (χ1n) is 8.49. The molecule has 6 nitrogen and oxygen atoms in total. The molecule has 1 aliphatic heterocycles. The summed E-state index contributed by atoms with van der Waals surface area (Å²) in [5.74, 6) is 2.21. The molecule has 2 fully saturated rings. The Bertz CT molecular complexity index is 505. The van der Waals surface area contributed by atoms with Crippen LogP contribution < -0.4 is 0 Å². The van der Waals surface area contributed by atoms with Gasteiger partial charge in [0.05, 0.1) is 12.6 Å². The van der Waals surface area contributed by atoms with Crippen LogP contribution in [0, 0.1) is 11.3 Å². The molecule has 0 unspecified atom stereocenters. The molecule has 6 heteroatoms. The average molecular weight is 303 g/mol. The van der Waals surface area contributed by atoms with E-state index < -0.39 is 0 Å². The minimum absolute atomic E-state index is 0.536. The molecule has 0 spiro atoms. The molecule has 0 atom stereocenters. The summed E-state index contributed by atoms with van der Waals surface area (Å²) in [5.41, 5.74) is 0. The molecule has 2 aliphatic rings. The Balaban J connectivity index is 1.40. The Kier molecular flexibility index (Phi) is 5.41. The van der Waals surface area contributed by atoms with E-state index >= 15 is 0 Å². The number of hydrogen-bond acceptors (Lipinski definition) is 6. The normalized spacial score (nSPS) is 20.7. The van der Waals surface area contributed by atoms with E-state index in [0.717, 1.165) is 63.8 Å². The number of aromatic nitrogens is 2. The third kappa shape index (κ3) is 4.52. The smallest absolute Gasteiger partial charge is 0.229 e. The van der Waals surface area contributed by atoms with Gasteiger partial charge in [0, 0.05) is 25.4 Å². The van der Waals surface area contributed by atoms with Crippen molar-refractivity contribution >= 4 is 0 Å². The summed E-state index contributed by atoms with van der Waals surface area (Å²) in [6.45, 7) is 6.33. The fraction of sp³-hybridized carbons (Fsp3) is 0.812. The Hall–Kier alpha value is -1.45. The zero-order valence-corrected chi connectivity index (χ0v) is 13.2. The molecule has 0 amide bonds. The van der Waals surface area contributed by atoms with Crippen LogP contribution in [0.15, 0.2) is 4.52 Å². The first kappa shape index (κ1) is 15.4. The van der Waals surface area contributed by atoms with Crippen LogP contribution in [0.5, 0.6) is 0 Å². The van der Waals surface area contributed by atoms with Crippen LogP contribution in [0.4, 0.5) is 0 Å². The Labute approximate surface area is 132 Å². The van der Waals surface area contributed by atoms with Crippen molar-refractivity contribution in [2.45, 2.75) is 51.0 Å². The van der Waals surface area contributed by atoms with E-state index in [9.17, 15) is 0 Å². The van der Waals surface area contributed by atoms with E-state index in [4.69, 9.17) is 9.78 Å². The fourth-order valence-electron chi connectivity index (χ4n) is 2.97. The summed E-state index contributed by atoms with van der Waals surface area (Å²) >= 11 is 0. The van der Waals surface area contributed by atoms with Crippen molar-refractivity contribution in [3.05, 3.63) is 11.7 Å². The second-order valence-electron chi connectivity index (χ2n) is 6.41. The number of hydrogen-bond donors (Lipinski definition) is 0. The summed E-state index contributed by atoms with van der Waals surface area (Å²) in [6.07, 6.45) is 6.41. The van der Waals surface area contributed by atoms with Gasteiger partial charge in [-0.25, -0.2) is 0 Å². The highest BCUT2D eigenvalue weighted by Crippen LogP contribution is 2.38. The van der Waals surface area contributed by atoms with E-state index in [1.165, 1.54) is 19.3 Å². The van der Waals surface area contributed by atoms with Gasteiger partial charge in [-0.15, -0.1) is 0 Å². The lowest BCUT2D eigenvalue weighted by Crippen LogP contribution is -2.31. The highest BCUT2D eigenvalue weighted by atomic mass is 16.5. The second kappa shape index (κ2) is 7.70. The van der Waals surface area contributed by atoms with Gasteiger partial charge in [-0.1, -0.05) is 5.16 Å². The van der Waals surface area contributed by atoms with Crippen LogP contribution in [0.25, 0.3) is 0 Å². The lowest BCUT2D eigenvalue weighted by Gasteiger charge is -2.20. The SMILES string of the molecule is N#CCCCCN1CCCN(Cc2noc(C3CC3)n2)CC1. The van der Waals surface area contributed by atoms with Gasteiger partial charge in [-0.2, -0.15) is 10.2 Å². The van der Waals surface area contributed by atoms with Crippen LogP contribution in [-0.2, 0) is 6.54 Å². The fourth-order valence-corrected chi connectivity index (χ4v) is 2.97. The van der Waals surface area contributed by atoms with Crippen molar-refractivity contribution in [1.29, 1.82) is 5.26 Å². The zero-order valence-electron chi connectivity index (χ0n) is 13.2. The van der Waals surface area contributed by atoms with Crippen LogP contribution in [-0.4, -0.2) is 52.7 Å². The molecule has 3 rings (SSSR count). The molecular weight excluding hydrogens is 278 g/mol. The molecule has 1 aromatic heterocycles. The zero-order chi connectivity index (χ0) is 15.2. The molecule has 0 bridgehead atoms. The third-order valence-electron chi connectivity index (χ3n) is 4.47. The van der Waals surface area contributed by atoms with Crippen LogP contribution in [0.2, 0.25) is 0 Å². The molecule has 2 heterocycles. The molecule has 1 aliphatic carbocycles. The molecule has 1 saturated carbocycles. The van der Waals surface area contributed by atoms with Gasteiger partial charge < -0.3 is 9.42 Å². The molecule has 1 saturated heterocycles. The maximum Gasteiger partial charge on any atom is 0.229 e. The van der Waals surface area contributed by atoms with Crippen molar-refractivity contribution in [3.63, 3.8) is 0 Å². The Morgan fingerprint density at radius 3 is 2.77 bits per heavy atom. The summed E-state index contributed by atoms with van der Waals surface area (Å²) in [6, 6.07) is 2.22. The Morgan fingerprint density at radius 1 is 1.14 bits per heavy atom. The standard InChI is InChI=1S/C16H25N5O/c17-7-2-1-3-8-20-9-4-10-21(12-11-20)13-15-18-16(22-19-15)14-5-6-14/h14H,1-6,8-13H2.